The number of hydrogen-bond acceptors (Lipinski definition) is 3. The lowest BCUT2D eigenvalue weighted by molar-refractivity contribution is 0.0989. The number of halogens is 1. The first-order valence-electron chi connectivity index (χ1n) is 8.72. The highest BCUT2D eigenvalue weighted by molar-refractivity contribution is 9.10. The minimum atomic E-state index is -3.80. The van der Waals surface area contributed by atoms with Gasteiger partial charge in [-0.15, -0.1) is 0 Å². The van der Waals surface area contributed by atoms with Crippen LogP contribution in [-0.2, 0) is 16.4 Å². The Labute approximate surface area is 172 Å². The molecule has 0 aliphatic carbocycles. The van der Waals surface area contributed by atoms with E-state index in [1.807, 2.05) is 24.3 Å². The molecule has 1 heterocycles. The van der Waals surface area contributed by atoms with Gasteiger partial charge in [-0.3, -0.25) is 9.52 Å². The first-order valence-corrected chi connectivity index (χ1v) is 11.0. The van der Waals surface area contributed by atoms with Gasteiger partial charge in [0.1, 0.15) is 0 Å². The highest BCUT2D eigenvalue weighted by Gasteiger charge is 2.26. The number of anilines is 2. The number of carbonyl (C=O) groups excluding carboxylic acids is 1. The third-order valence-electron chi connectivity index (χ3n) is 4.62. The summed E-state index contributed by atoms with van der Waals surface area (Å²) in [5, 5.41) is 0. The van der Waals surface area contributed by atoms with Crippen LogP contribution in [0.3, 0.4) is 0 Å². The molecule has 3 aromatic carbocycles. The number of para-hydroxylation sites is 1. The van der Waals surface area contributed by atoms with E-state index in [4.69, 9.17) is 0 Å². The molecule has 0 unspecified atom stereocenters. The molecule has 0 saturated heterocycles. The van der Waals surface area contributed by atoms with Gasteiger partial charge in [-0.25, -0.2) is 8.42 Å². The van der Waals surface area contributed by atoms with E-state index in [0.717, 1.165) is 22.1 Å². The van der Waals surface area contributed by atoms with Crippen LogP contribution in [0.15, 0.2) is 82.2 Å². The monoisotopic (exact) mass is 456 g/mol. The van der Waals surface area contributed by atoms with Gasteiger partial charge in [0.25, 0.3) is 15.9 Å². The smallest absolute Gasteiger partial charge is 0.261 e. The van der Waals surface area contributed by atoms with E-state index in [2.05, 4.69) is 20.7 Å². The van der Waals surface area contributed by atoms with Crippen LogP contribution in [0.1, 0.15) is 15.9 Å². The van der Waals surface area contributed by atoms with E-state index in [9.17, 15) is 13.2 Å². The van der Waals surface area contributed by atoms with Crippen molar-refractivity contribution in [2.45, 2.75) is 11.3 Å². The molecule has 0 fully saturated rings. The fourth-order valence-electron chi connectivity index (χ4n) is 3.23. The standard InChI is InChI=1S/C21H17BrN2O3S/c22-17-8-10-18(11-9-17)23-28(26,27)19-6-3-5-16(14-19)21(25)24-13-12-15-4-1-2-7-20(15)24/h1-11,14,23H,12-13H2. The zero-order valence-corrected chi connectivity index (χ0v) is 17.2. The first-order chi connectivity index (χ1) is 13.4. The summed E-state index contributed by atoms with van der Waals surface area (Å²) in [6.45, 7) is 0.590. The minimum Gasteiger partial charge on any atom is -0.308 e. The largest absolute Gasteiger partial charge is 0.308 e. The number of fused-ring (bicyclic) bond motifs is 1. The second kappa shape index (κ2) is 7.41. The summed E-state index contributed by atoms with van der Waals surface area (Å²) < 4.78 is 28.9. The van der Waals surface area contributed by atoms with Crippen molar-refractivity contribution in [2.24, 2.45) is 0 Å². The third-order valence-corrected chi connectivity index (χ3v) is 6.53. The van der Waals surface area contributed by atoms with E-state index in [-0.39, 0.29) is 10.8 Å². The van der Waals surface area contributed by atoms with Crippen molar-refractivity contribution in [1.82, 2.24) is 0 Å². The Bertz CT molecular complexity index is 1140. The van der Waals surface area contributed by atoms with Gasteiger partial charge in [0.2, 0.25) is 0 Å². The lowest BCUT2D eigenvalue weighted by atomic mass is 10.1. The summed E-state index contributed by atoms with van der Waals surface area (Å²) in [4.78, 5) is 14.7. The van der Waals surface area contributed by atoms with Crippen LogP contribution in [0.4, 0.5) is 11.4 Å². The van der Waals surface area contributed by atoms with Crippen molar-refractivity contribution in [3.05, 3.63) is 88.4 Å². The van der Waals surface area contributed by atoms with Crippen molar-refractivity contribution in [3.8, 4) is 0 Å². The summed E-state index contributed by atoms with van der Waals surface area (Å²) in [5.41, 5.74) is 2.80. The Kier molecular flexibility index (Phi) is 4.95. The summed E-state index contributed by atoms with van der Waals surface area (Å²) >= 11 is 3.32. The molecule has 1 aliphatic rings. The van der Waals surface area contributed by atoms with E-state index < -0.39 is 10.0 Å². The summed E-state index contributed by atoms with van der Waals surface area (Å²) in [6.07, 6.45) is 0.797. The fourth-order valence-corrected chi connectivity index (χ4v) is 4.60. The van der Waals surface area contributed by atoms with Crippen molar-refractivity contribution in [3.63, 3.8) is 0 Å². The van der Waals surface area contributed by atoms with Crippen LogP contribution in [-0.4, -0.2) is 20.9 Å². The Balaban J connectivity index is 1.61. The number of benzene rings is 3. The van der Waals surface area contributed by atoms with Crippen LogP contribution in [0.5, 0.6) is 0 Å². The zero-order chi connectivity index (χ0) is 19.7. The highest BCUT2D eigenvalue weighted by Crippen LogP contribution is 2.29. The molecule has 5 nitrogen and oxygen atoms in total. The van der Waals surface area contributed by atoms with Crippen LogP contribution in [0.2, 0.25) is 0 Å². The van der Waals surface area contributed by atoms with Gasteiger partial charge in [-0.2, -0.15) is 0 Å². The van der Waals surface area contributed by atoms with E-state index in [0.29, 0.717) is 17.8 Å². The van der Waals surface area contributed by atoms with Gasteiger partial charge < -0.3 is 4.90 Å². The summed E-state index contributed by atoms with van der Waals surface area (Å²) in [6, 6.07) is 20.7. The number of amides is 1. The second-order valence-corrected chi connectivity index (χ2v) is 9.07. The number of hydrogen-bond donors (Lipinski definition) is 1. The second-order valence-electron chi connectivity index (χ2n) is 6.48. The Morgan fingerprint density at radius 1 is 0.964 bits per heavy atom. The predicted octanol–water partition coefficient (Wildman–Crippen LogP) is 4.45. The van der Waals surface area contributed by atoms with Crippen LogP contribution in [0.25, 0.3) is 0 Å². The maximum absolute atomic E-state index is 13.0. The Morgan fingerprint density at radius 2 is 1.71 bits per heavy atom. The number of nitrogens with one attached hydrogen (secondary N) is 1. The molecule has 1 aliphatic heterocycles. The van der Waals surface area contributed by atoms with Gasteiger partial charge in [0.15, 0.2) is 0 Å². The lowest BCUT2D eigenvalue weighted by Gasteiger charge is -2.18. The zero-order valence-electron chi connectivity index (χ0n) is 14.8. The third kappa shape index (κ3) is 3.68. The molecular weight excluding hydrogens is 440 g/mol. The summed E-state index contributed by atoms with van der Waals surface area (Å²) in [7, 11) is -3.80. The average molecular weight is 457 g/mol. The molecule has 1 amide bonds. The SMILES string of the molecule is O=C(c1cccc(S(=O)(=O)Nc2ccc(Br)cc2)c1)N1CCc2ccccc21. The topological polar surface area (TPSA) is 66.5 Å². The van der Waals surface area contributed by atoms with Crippen molar-refractivity contribution in [1.29, 1.82) is 0 Å². The number of carbonyl (C=O) groups is 1. The van der Waals surface area contributed by atoms with E-state index in [1.54, 1.807) is 41.3 Å². The molecule has 4 rings (SSSR count). The van der Waals surface area contributed by atoms with Crippen LogP contribution in [0, 0.1) is 0 Å². The molecular formula is C21H17BrN2O3S. The van der Waals surface area contributed by atoms with Gasteiger partial charge in [0.05, 0.1) is 4.90 Å². The molecule has 3 aromatic rings. The first kappa shape index (κ1) is 18.7. The van der Waals surface area contributed by atoms with Crippen molar-refractivity contribution >= 4 is 43.2 Å². The molecule has 142 valence electrons. The van der Waals surface area contributed by atoms with E-state index in [1.165, 1.54) is 12.1 Å². The molecule has 0 aromatic heterocycles. The number of nitrogens with zero attached hydrogens (tertiary/aromatic N) is 1. The van der Waals surface area contributed by atoms with Crippen molar-refractivity contribution in [2.75, 3.05) is 16.2 Å². The number of sulfonamides is 1. The van der Waals surface area contributed by atoms with Gasteiger partial charge >= 0.3 is 0 Å². The maximum atomic E-state index is 13.0. The van der Waals surface area contributed by atoms with Gasteiger partial charge in [-0.1, -0.05) is 40.2 Å². The van der Waals surface area contributed by atoms with Gasteiger partial charge in [0, 0.05) is 28.0 Å². The summed E-state index contributed by atoms with van der Waals surface area (Å²) in [5.74, 6) is -0.203. The maximum Gasteiger partial charge on any atom is 0.261 e. The Morgan fingerprint density at radius 3 is 2.50 bits per heavy atom. The van der Waals surface area contributed by atoms with E-state index >= 15 is 0 Å². The minimum absolute atomic E-state index is 0.0498. The fraction of sp³-hybridized carbons (Fsp3) is 0.0952. The van der Waals surface area contributed by atoms with Crippen LogP contribution < -0.4 is 9.62 Å². The molecule has 0 bridgehead atoms. The molecule has 0 radical (unpaired) electrons. The Hall–Kier alpha value is -2.64. The molecule has 0 spiro atoms. The normalized spacial score (nSPS) is 13.2. The molecule has 7 heteroatoms. The van der Waals surface area contributed by atoms with Crippen LogP contribution >= 0.6 is 15.9 Å². The molecule has 0 saturated carbocycles. The quantitative estimate of drug-likeness (QED) is 0.630. The number of rotatable bonds is 4. The van der Waals surface area contributed by atoms with Crippen molar-refractivity contribution < 1.29 is 13.2 Å². The average Bonchev–Trinajstić information content (AvgIpc) is 3.13. The van der Waals surface area contributed by atoms with Gasteiger partial charge in [-0.05, 0) is 60.5 Å². The molecule has 1 N–H and O–H groups in total. The molecule has 0 atom stereocenters. The lowest BCUT2D eigenvalue weighted by Crippen LogP contribution is -2.29. The predicted molar refractivity (Wildman–Crippen MR) is 113 cm³/mol. The molecule has 28 heavy (non-hydrogen) atoms. The highest BCUT2D eigenvalue weighted by atomic mass is 79.9.